The van der Waals surface area contributed by atoms with Gasteiger partial charge in [-0.2, -0.15) is 10.5 Å². The van der Waals surface area contributed by atoms with Crippen molar-refractivity contribution in [2.45, 2.75) is 27.4 Å². The first kappa shape index (κ1) is 23.3. The minimum Gasteiger partial charge on any atom is -0.480 e. The van der Waals surface area contributed by atoms with Crippen LogP contribution in [-0.4, -0.2) is 41.9 Å². The van der Waals surface area contributed by atoms with Crippen LogP contribution in [0.15, 0.2) is 12.1 Å². The van der Waals surface area contributed by atoms with E-state index in [1.54, 1.807) is 26.8 Å². The average molecular weight is 398 g/mol. The quantitative estimate of drug-likeness (QED) is 0.751. The number of esters is 1. The lowest BCUT2D eigenvalue weighted by Crippen LogP contribution is -2.09. The van der Waals surface area contributed by atoms with E-state index >= 15 is 0 Å². The largest absolute Gasteiger partial charge is 0.480 e. The second-order valence-corrected chi connectivity index (χ2v) is 5.63. The van der Waals surface area contributed by atoms with E-state index in [0.717, 1.165) is 5.56 Å². The van der Waals surface area contributed by atoms with Crippen molar-refractivity contribution in [3.05, 3.63) is 45.8 Å². The molecule has 0 saturated carbocycles. The second-order valence-electron chi connectivity index (χ2n) is 5.63. The van der Waals surface area contributed by atoms with Gasteiger partial charge in [0.25, 0.3) is 0 Å². The number of ether oxygens (including phenoxy) is 3. The molecule has 0 aliphatic rings. The summed E-state index contributed by atoms with van der Waals surface area (Å²) in [6.45, 7) is 5.34. The number of methoxy groups -OCH3 is 2. The first-order valence-corrected chi connectivity index (χ1v) is 8.54. The zero-order chi connectivity index (χ0) is 22.0. The van der Waals surface area contributed by atoms with Gasteiger partial charge in [0.05, 0.1) is 33.1 Å². The molecule has 0 fully saturated rings. The molecule has 0 spiro atoms. The van der Waals surface area contributed by atoms with Crippen LogP contribution < -0.4 is 9.47 Å². The van der Waals surface area contributed by atoms with Crippen molar-refractivity contribution >= 4 is 5.97 Å². The summed E-state index contributed by atoms with van der Waals surface area (Å²) in [5.74, 6) is -0.106. The highest BCUT2D eigenvalue weighted by molar-refractivity contribution is 5.88. The number of carbonyl (C=O) groups excluding carboxylic acids is 1. The van der Waals surface area contributed by atoms with Gasteiger partial charge in [-0.15, -0.1) is 0 Å². The van der Waals surface area contributed by atoms with Crippen LogP contribution in [-0.2, 0) is 11.3 Å². The molecule has 9 heteroatoms. The molecule has 0 saturated heterocycles. The SMILES string of the molecule is CCOC(=O)c1cc(C)c(C#N)c(OC)n1.COc1nc(CO)cc(C)c1C#N. The maximum Gasteiger partial charge on any atom is 0.357 e. The fraction of sp³-hybridized carbons (Fsp3) is 0.350. The molecule has 29 heavy (non-hydrogen) atoms. The second kappa shape index (κ2) is 11.2. The van der Waals surface area contributed by atoms with Crippen molar-refractivity contribution in [2.24, 2.45) is 0 Å². The summed E-state index contributed by atoms with van der Waals surface area (Å²) in [5, 5.41) is 26.5. The molecule has 0 bridgehead atoms. The highest BCUT2D eigenvalue weighted by atomic mass is 16.5. The summed E-state index contributed by atoms with van der Waals surface area (Å²) in [6.07, 6.45) is 0. The number of nitriles is 2. The molecule has 2 aromatic rings. The van der Waals surface area contributed by atoms with E-state index in [4.69, 9.17) is 29.8 Å². The number of carbonyl (C=O) groups is 1. The fourth-order valence-corrected chi connectivity index (χ4v) is 2.31. The van der Waals surface area contributed by atoms with Crippen LogP contribution in [0.5, 0.6) is 11.8 Å². The van der Waals surface area contributed by atoms with Crippen molar-refractivity contribution in [3.63, 3.8) is 0 Å². The molecule has 0 aliphatic heterocycles. The summed E-state index contributed by atoms with van der Waals surface area (Å²) >= 11 is 0. The number of hydrogen-bond donors (Lipinski definition) is 1. The summed E-state index contributed by atoms with van der Waals surface area (Å²) < 4.78 is 14.7. The van der Waals surface area contributed by atoms with Gasteiger partial charge in [0, 0.05) is 0 Å². The van der Waals surface area contributed by atoms with E-state index < -0.39 is 5.97 Å². The molecule has 152 valence electrons. The number of rotatable bonds is 5. The molecular formula is C20H22N4O5. The van der Waals surface area contributed by atoms with Crippen molar-refractivity contribution in [1.82, 2.24) is 9.97 Å². The van der Waals surface area contributed by atoms with Gasteiger partial charge >= 0.3 is 5.97 Å². The normalized spacial score (nSPS) is 9.38. The Morgan fingerprint density at radius 2 is 1.55 bits per heavy atom. The van der Waals surface area contributed by atoms with Crippen molar-refractivity contribution < 1.29 is 24.1 Å². The number of aliphatic hydroxyl groups is 1. The Kier molecular flexibility index (Phi) is 9.03. The predicted octanol–water partition coefficient (Wildman–Crippen LogP) is 2.21. The third kappa shape index (κ3) is 5.89. The van der Waals surface area contributed by atoms with Gasteiger partial charge < -0.3 is 19.3 Å². The number of nitrogens with zero attached hydrogens (tertiary/aromatic N) is 4. The minimum atomic E-state index is -0.520. The number of aliphatic hydroxyl groups excluding tert-OH is 1. The molecule has 0 amide bonds. The molecule has 0 aliphatic carbocycles. The lowest BCUT2D eigenvalue weighted by atomic mass is 10.1. The van der Waals surface area contributed by atoms with Crippen LogP contribution >= 0.6 is 0 Å². The van der Waals surface area contributed by atoms with Gasteiger partial charge in [-0.05, 0) is 44.0 Å². The number of aryl methyl sites for hydroxylation is 2. The van der Waals surface area contributed by atoms with E-state index in [9.17, 15) is 4.79 Å². The lowest BCUT2D eigenvalue weighted by Gasteiger charge is -2.07. The number of aromatic nitrogens is 2. The number of pyridine rings is 2. The van der Waals surface area contributed by atoms with E-state index in [-0.39, 0.29) is 30.7 Å². The summed E-state index contributed by atoms with van der Waals surface area (Å²) in [7, 11) is 2.85. The monoisotopic (exact) mass is 398 g/mol. The Hall–Kier alpha value is -3.69. The van der Waals surface area contributed by atoms with E-state index in [0.29, 0.717) is 22.4 Å². The topological polar surface area (TPSA) is 138 Å². The Balaban J connectivity index is 0.000000296. The third-order valence-electron chi connectivity index (χ3n) is 3.68. The molecule has 2 rings (SSSR count). The smallest absolute Gasteiger partial charge is 0.357 e. The Morgan fingerprint density at radius 1 is 1.03 bits per heavy atom. The molecule has 0 unspecified atom stereocenters. The highest BCUT2D eigenvalue weighted by Crippen LogP contribution is 2.20. The molecule has 9 nitrogen and oxygen atoms in total. The van der Waals surface area contributed by atoms with Crippen LogP contribution in [0.25, 0.3) is 0 Å². The molecule has 0 aromatic carbocycles. The first-order chi connectivity index (χ1) is 13.9. The zero-order valence-electron chi connectivity index (χ0n) is 16.9. The molecule has 1 N–H and O–H groups in total. The fourth-order valence-electron chi connectivity index (χ4n) is 2.31. The first-order valence-electron chi connectivity index (χ1n) is 8.54. The van der Waals surface area contributed by atoms with Gasteiger partial charge in [-0.3, -0.25) is 0 Å². The minimum absolute atomic E-state index is 0.144. The average Bonchev–Trinajstić information content (AvgIpc) is 2.72. The maximum atomic E-state index is 11.4. The van der Waals surface area contributed by atoms with Crippen LogP contribution in [0, 0.1) is 36.5 Å². The van der Waals surface area contributed by atoms with Crippen LogP contribution in [0.2, 0.25) is 0 Å². The van der Waals surface area contributed by atoms with Crippen LogP contribution in [0.1, 0.15) is 45.4 Å². The molecule has 2 aromatic heterocycles. The van der Waals surface area contributed by atoms with E-state index in [1.807, 2.05) is 12.1 Å². The Bertz CT molecular complexity index is 961. The van der Waals surface area contributed by atoms with Gasteiger partial charge in [-0.1, -0.05) is 0 Å². The molecule has 0 radical (unpaired) electrons. The zero-order valence-corrected chi connectivity index (χ0v) is 16.9. The summed E-state index contributed by atoms with van der Waals surface area (Å²) in [5.41, 5.74) is 2.80. The lowest BCUT2D eigenvalue weighted by molar-refractivity contribution is 0.0518. The van der Waals surface area contributed by atoms with Gasteiger partial charge in [0.2, 0.25) is 11.8 Å². The van der Waals surface area contributed by atoms with Crippen LogP contribution in [0.4, 0.5) is 0 Å². The molecule has 2 heterocycles. The molecular weight excluding hydrogens is 376 g/mol. The molecule has 0 atom stereocenters. The highest BCUT2D eigenvalue weighted by Gasteiger charge is 2.15. The van der Waals surface area contributed by atoms with Crippen molar-refractivity contribution in [2.75, 3.05) is 20.8 Å². The third-order valence-corrected chi connectivity index (χ3v) is 3.68. The van der Waals surface area contributed by atoms with E-state index in [1.165, 1.54) is 20.3 Å². The Labute approximate surface area is 169 Å². The standard InChI is InChI=1S/C11H12N2O3.C9H10N2O2/c1-4-16-11(14)9-5-7(2)8(6-12)10(13-9)15-3;1-6-3-7(5-12)11-9(13-2)8(6)4-10/h5H,4H2,1-3H3;3,12H,5H2,1-2H3. The van der Waals surface area contributed by atoms with Gasteiger partial charge in [-0.25, -0.2) is 14.8 Å². The van der Waals surface area contributed by atoms with Crippen LogP contribution in [0.3, 0.4) is 0 Å². The summed E-state index contributed by atoms with van der Waals surface area (Å²) in [4.78, 5) is 19.3. The van der Waals surface area contributed by atoms with Gasteiger partial charge in [0.1, 0.15) is 23.3 Å². The summed E-state index contributed by atoms with van der Waals surface area (Å²) in [6, 6.07) is 7.15. The predicted molar refractivity (Wildman–Crippen MR) is 102 cm³/mol. The van der Waals surface area contributed by atoms with E-state index in [2.05, 4.69) is 9.97 Å². The Morgan fingerprint density at radius 3 is 2.00 bits per heavy atom. The van der Waals surface area contributed by atoms with Crippen molar-refractivity contribution in [1.29, 1.82) is 10.5 Å². The van der Waals surface area contributed by atoms with Gasteiger partial charge in [0.15, 0.2) is 5.69 Å². The maximum absolute atomic E-state index is 11.4. The van der Waals surface area contributed by atoms with Crippen molar-refractivity contribution in [3.8, 4) is 23.9 Å². The number of hydrogen-bond acceptors (Lipinski definition) is 9.